The average molecular weight is 344 g/mol. The number of carbonyl (C=O) groups is 1. The second-order valence-corrected chi connectivity index (χ2v) is 4.12. The number of halogens is 9. The van der Waals surface area contributed by atoms with Gasteiger partial charge in [-0.2, -0.15) is 0 Å². The van der Waals surface area contributed by atoms with E-state index < -0.39 is 69.3 Å². The molecule has 0 unspecified atom stereocenters. The van der Waals surface area contributed by atoms with Crippen molar-refractivity contribution in [2.75, 3.05) is 0 Å². The fourth-order valence-corrected chi connectivity index (χ4v) is 1.70. The van der Waals surface area contributed by atoms with Crippen molar-refractivity contribution >= 4 is 5.78 Å². The summed E-state index contributed by atoms with van der Waals surface area (Å²) in [6, 6.07) is -0.306. The van der Waals surface area contributed by atoms with Gasteiger partial charge in [-0.15, -0.1) is 0 Å². The smallest absolute Gasteiger partial charge is 0.205 e. The van der Waals surface area contributed by atoms with Gasteiger partial charge in [-0.05, 0) is 0 Å². The standard InChI is InChI=1S/C13HF9O/c14-2-1-3(15)7(17)4(6(2)16)13(23)5-8(18)10(20)12(22)11(21)9(5)19/h1H. The van der Waals surface area contributed by atoms with Gasteiger partial charge in [-0.1, -0.05) is 0 Å². The van der Waals surface area contributed by atoms with Gasteiger partial charge in [0, 0.05) is 6.07 Å². The first-order valence-corrected chi connectivity index (χ1v) is 5.48. The van der Waals surface area contributed by atoms with Gasteiger partial charge in [0.25, 0.3) is 0 Å². The average Bonchev–Trinajstić information content (AvgIpc) is 2.49. The normalized spacial score (nSPS) is 11.0. The van der Waals surface area contributed by atoms with Crippen LogP contribution in [0.1, 0.15) is 15.9 Å². The lowest BCUT2D eigenvalue weighted by Gasteiger charge is -2.09. The van der Waals surface area contributed by atoms with Gasteiger partial charge >= 0.3 is 0 Å². The first-order chi connectivity index (χ1) is 10.6. The number of ketones is 1. The molecular weight excluding hydrogens is 343 g/mol. The Morgan fingerprint density at radius 3 is 1.22 bits per heavy atom. The molecule has 2 aromatic carbocycles. The molecule has 0 N–H and O–H groups in total. The van der Waals surface area contributed by atoms with E-state index in [0.29, 0.717) is 0 Å². The molecule has 0 amide bonds. The van der Waals surface area contributed by atoms with Gasteiger partial charge in [0.05, 0.1) is 0 Å². The van der Waals surface area contributed by atoms with Crippen molar-refractivity contribution in [1.29, 1.82) is 0 Å². The second-order valence-electron chi connectivity index (χ2n) is 4.12. The molecule has 0 saturated carbocycles. The Morgan fingerprint density at radius 2 is 0.826 bits per heavy atom. The lowest BCUT2D eigenvalue weighted by molar-refractivity contribution is 0.101. The molecule has 0 atom stereocenters. The summed E-state index contributed by atoms with van der Waals surface area (Å²) in [4.78, 5) is 11.7. The SMILES string of the molecule is O=C(c1c(F)c(F)cc(F)c1F)c1c(F)c(F)c(F)c(F)c1F. The summed E-state index contributed by atoms with van der Waals surface area (Å²) in [5.74, 6) is -24.5. The van der Waals surface area contributed by atoms with E-state index >= 15 is 0 Å². The van der Waals surface area contributed by atoms with Crippen LogP contribution >= 0.6 is 0 Å². The Balaban J connectivity index is 2.84. The van der Waals surface area contributed by atoms with Gasteiger partial charge in [0.1, 0.15) is 11.1 Å². The number of hydrogen-bond donors (Lipinski definition) is 0. The molecule has 0 saturated heterocycles. The molecule has 2 aromatic rings. The molecule has 0 spiro atoms. The van der Waals surface area contributed by atoms with Crippen LogP contribution in [0.4, 0.5) is 39.5 Å². The first kappa shape index (κ1) is 16.8. The van der Waals surface area contributed by atoms with Crippen molar-refractivity contribution < 1.29 is 44.3 Å². The third kappa shape index (κ3) is 2.43. The summed E-state index contributed by atoms with van der Waals surface area (Å²) in [7, 11) is 0. The number of hydrogen-bond acceptors (Lipinski definition) is 1. The van der Waals surface area contributed by atoms with Crippen molar-refractivity contribution in [1.82, 2.24) is 0 Å². The van der Waals surface area contributed by atoms with Crippen LogP contribution in [0.2, 0.25) is 0 Å². The van der Waals surface area contributed by atoms with E-state index in [1.165, 1.54) is 0 Å². The molecule has 2 rings (SSSR count). The summed E-state index contributed by atoms with van der Waals surface area (Å²) in [6.45, 7) is 0. The summed E-state index contributed by atoms with van der Waals surface area (Å²) >= 11 is 0. The quantitative estimate of drug-likeness (QED) is 0.346. The molecule has 0 aliphatic carbocycles. The van der Waals surface area contributed by atoms with Gasteiger partial charge < -0.3 is 0 Å². The molecule has 0 aliphatic heterocycles. The zero-order valence-electron chi connectivity index (χ0n) is 10.4. The predicted octanol–water partition coefficient (Wildman–Crippen LogP) is 4.17. The third-order valence-corrected chi connectivity index (χ3v) is 2.78. The third-order valence-electron chi connectivity index (χ3n) is 2.78. The highest BCUT2D eigenvalue weighted by molar-refractivity contribution is 6.09. The molecule has 122 valence electrons. The van der Waals surface area contributed by atoms with Crippen LogP contribution in [0.5, 0.6) is 0 Å². The monoisotopic (exact) mass is 344 g/mol. The molecule has 0 heterocycles. The highest BCUT2D eigenvalue weighted by Crippen LogP contribution is 2.28. The van der Waals surface area contributed by atoms with Crippen molar-refractivity contribution in [3.05, 3.63) is 69.5 Å². The molecule has 1 nitrogen and oxygen atoms in total. The van der Waals surface area contributed by atoms with Crippen molar-refractivity contribution in [3.63, 3.8) is 0 Å². The summed E-state index contributed by atoms with van der Waals surface area (Å²) < 4.78 is 118. The largest absolute Gasteiger partial charge is 0.288 e. The molecular formula is C13HF9O. The van der Waals surface area contributed by atoms with E-state index in [0.717, 1.165) is 0 Å². The molecule has 0 bridgehead atoms. The summed E-state index contributed by atoms with van der Waals surface area (Å²) in [6.07, 6.45) is 0. The van der Waals surface area contributed by atoms with E-state index in [1.54, 1.807) is 0 Å². The Labute approximate surface area is 121 Å². The number of benzene rings is 2. The minimum Gasteiger partial charge on any atom is -0.288 e. The fraction of sp³-hybridized carbons (Fsp3) is 0. The topological polar surface area (TPSA) is 17.1 Å². The highest BCUT2D eigenvalue weighted by atomic mass is 19.2. The zero-order chi connectivity index (χ0) is 17.6. The molecule has 23 heavy (non-hydrogen) atoms. The Kier molecular flexibility index (Phi) is 4.10. The van der Waals surface area contributed by atoms with Crippen LogP contribution in [-0.2, 0) is 0 Å². The van der Waals surface area contributed by atoms with Gasteiger partial charge in [-0.3, -0.25) is 4.79 Å². The van der Waals surface area contributed by atoms with Gasteiger partial charge in [-0.25, -0.2) is 39.5 Å². The maximum Gasteiger partial charge on any atom is 0.205 e. The minimum absolute atomic E-state index is 0.306. The summed E-state index contributed by atoms with van der Waals surface area (Å²) in [5, 5.41) is 0. The number of rotatable bonds is 2. The first-order valence-electron chi connectivity index (χ1n) is 5.48. The van der Waals surface area contributed by atoms with Crippen LogP contribution in [0.3, 0.4) is 0 Å². The van der Waals surface area contributed by atoms with Crippen LogP contribution in [0, 0.1) is 52.4 Å². The van der Waals surface area contributed by atoms with Crippen molar-refractivity contribution in [2.45, 2.75) is 0 Å². The van der Waals surface area contributed by atoms with Crippen LogP contribution in [0.25, 0.3) is 0 Å². The van der Waals surface area contributed by atoms with Crippen LogP contribution in [0.15, 0.2) is 6.07 Å². The molecule has 0 fully saturated rings. The maximum absolute atomic E-state index is 13.4. The second kappa shape index (κ2) is 5.60. The van der Waals surface area contributed by atoms with E-state index in [9.17, 15) is 44.3 Å². The molecule has 0 aromatic heterocycles. The lowest BCUT2D eigenvalue weighted by atomic mass is 10.00. The minimum atomic E-state index is -2.65. The van der Waals surface area contributed by atoms with E-state index in [2.05, 4.69) is 0 Å². The Hall–Kier alpha value is -2.52. The van der Waals surface area contributed by atoms with Gasteiger partial charge in [0.15, 0.2) is 46.5 Å². The van der Waals surface area contributed by atoms with E-state index in [-0.39, 0.29) is 6.07 Å². The fourth-order valence-electron chi connectivity index (χ4n) is 1.70. The summed E-state index contributed by atoms with van der Waals surface area (Å²) in [5.41, 5.74) is -4.38. The zero-order valence-corrected chi connectivity index (χ0v) is 10.4. The molecule has 0 aliphatic rings. The van der Waals surface area contributed by atoms with E-state index in [1.807, 2.05) is 0 Å². The van der Waals surface area contributed by atoms with E-state index in [4.69, 9.17) is 0 Å². The van der Waals surface area contributed by atoms with Crippen LogP contribution in [-0.4, -0.2) is 5.78 Å². The molecule has 10 heteroatoms. The predicted molar refractivity (Wildman–Crippen MR) is 55.9 cm³/mol. The Bertz CT molecular complexity index is 789. The number of carbonyl (C=O) groups excluding carboxylic acids is 1. The van der Waals surface area contributed by atoms with Crippen molar-refractivity contribution in [3.8, 4) is 0 Å². The van der Waals surface area contributed by atoms with Gasteiger partial charge in [0.2, 0.25) is 11.6 Å². The highest BCUT2D eigenvalue weighted by Gasteiger charge is 2.34. The lowest BCUT2D eigenvalue weighted by Crippen LogP contribution is -2.17. The Morgan fingerprint density at radius 1 is 0.522 bits per heavy atom. The van der Waals surface area contributed by atoms with Crippen LogP contribution < -0.4 is 0 Å². The van der Waals surface area contributed by atoms with Crippen molar-refractivity contribution in [2.24, 2.45) is 0 Å². The molecule has 0 radical (unpaired) electrons. The maximum atomic E-state index is 13.4.